The Kier molecular flexibility index (Phi) is 6.95. The van der Waals surface area contributed by atoms with Crippen LogP contribution in [0.1, 0.15) is 15.9 Å². The maximum Gasteiger partial charge on any atom is 0.164 e. The van der Waals surface area contributed by atoms with Crippen LogP contribution in [0.5, 0.6) is 17.2 Å². The summed E-state index contributed by atoms with van der Waals surface area (Å²) in [5.74, 6) is 0.827. The molecule has 0 fully saturated rings. The molecule has 0 amide bonds. The maximum absolute atomic E-state index is 14.2. The van der Waals surface area contributed by atoms with Crippen LogP contribution >= 0.6 is 11.3 Å². The van der Waals surface area contributed by atoms with Gasteiger partial charge in [0, 0.05) is 30.0 Å². The van der Waals surface area contributed by atoms with Crippen molar-refractivity contribution >= 4 is 28.2 Å². The van der Waals surface area contributed by atoms with Gasteiger partial charge in [0.15, 0.2) is 5.65 Å². The molecule has 12 heteroatoms. The zero-order chi connectivity index (χ0) is 25.9. The SMILES string of the molecule is Cc1ncc(COc2cc(F)cc(Oc3ccc(-c4nn(C(CO)CO)c5ncnc(N)c45)cc3)c2)s1. The summed E-state index contributed by atoms with van der Waals surface area (Å²) in [5.41, 5.74) is 7.69. The molecule has 4 N–H and O–H groups in total. The second-order valence-electron chi connectivity index (χ2n) is 8.15. The molecule has 0 aliphatic carbocycles. The number of ether oxygens (including phenoxy) is 2. The Hall–Kier alpha value is -4.13. The van der Waals surface area contributed by atoms with Crippen LogP contribution < -0.4 is 15.2 Å². The van der Waals surface area contributed by atoms with E-state index in [0.29, 0.717) is 33.8 Å². The number of nitrogens with zero attached hydrogens (tertiary/aromatic N) is 5. The van der Waals surface area contributed by atoms with Crippen LogP contribution in [0.25, 0.3) is 22.3 Å². The first-order chi connectivity index (χ1) is 17.9. The van der Waals surface area contributed by atoms with Crippen LogP contribution in [-0.4, -0.2) is 48.2 Å². The third-order valence-corrected chi connectivity index (χ3v) is 6.43. The molecule has 0 saturated carbocycles. The highest BCUT2D eigenvalue weighted by molar-refractivity contribution is 7.11. The summed E-state index contributed by atoms with van der Waals surface area (Å²) < 4.78 is 27.2. The Labute approximate surface area is 214 Å². The first-order valence-electron chi connectivity index (χ1n) is 11.3. The third kappa shape index (κ3) is 5.21. The molecule has 0 unspecified atom stereocenters. The number of benzene rings is 2. The van der Waals surface area contributed by atoms with E-state index in [2.05, 4.69) is 20.1 Å². The van der Waals surface area contributed by atoms with E-state index in [9.17, 15) is 14.6 Å². The molecule has 0 atom stereocenters. The van der Waals surface area contributed by atoms with E-state index in [0.717, 1.165) is 9.88 Å². The molecular weight excluding hydrogens is 499 g/mol. The summed E-state index contributed by atoms with van der Waals surface area (Å²) in [5, 5.41) is 25.3. The number of nitrogen functional groups attached to an aromatic ring is 1. The van der Waals surface area contributed by atoms with Crippen LogP contribution in [-0.2, 0) is 6.61 Å². The zero-order valence-corrected chi connectivity index (χ0v) is 20.5. The van der Waals surface area contributed by atoms with Crippen LogP contribution in [0.2, 0.25) is 0 Å². The lowest BCUT2D eigenvalue weighted by molar-refractivity contribution is 0.149. The van der Waals surface area contributed by atoms with Gasteiger partial charge in [0.1, 0.15) is 53.6 Å². The zero-order valence-electron chi connectivity index (χ0n) is 19.7. The molecule has 0 aliphatic heterocycles. The molecule has 0 spiro atoms. The van der Waals surface area contributed by atoms with Gasteiger partial charge in [0.05, 0.1) is 28.5 Å². The summed E-state index contributed by atoms with van der Waals surface area (Å²) in [6.45, 7) is 1.54. The summed E-state index contributed by atoms with van der Waals surface area (Å²) in [6, 6.07) is 10.5. The molecule has 3 heterocycles. The van der Waals surface area contributed by atoms with E-state index >= 15 is 0 Å². The minimum atomic E-state index is -0.683. The molecule has 2 aromatic carbocycles. The molecule has 37 heavy (non-hydrogen) atoms. The molecule has 10 nitrogen and oxygen atoms in total. The highest BCUT2D eigenvalue weighted by atomic mass is 32.1. The van der Waals surface area contributed by atoms with E-state index < -0.39 is 11.9 Å². The number of fused-ring (bicyclic) bond motifs is 1. The minimum Gasteiger partial charge on any atom is -0.488 e. The van der Waals surface area contributed by atoms with E-state index in [1.54, 1.807) is 36.5 Å². The van der Waals surface area contributed by atoms with Gasteiger partial charge in [-0.15, -0.1) is 11.3 Å². The van der Waals surface area contributed by atoms with Crippen LogP contribution in [0, 0.1) is 12.7 Å². The number of rotatable bonds is 9. The molecule has 0 aliphatic rings. The van der Waals surface area contributed by atoms with Crippen LogP contribution in [0.4, 0.5) is 10.2 Å². The second-order valence-corrected chi connectivity index (χ2v) is 9.47. The Bertz CT molecular complexity index is 1530. The van der Waals surface area contributed by atoms with Gasteiger partial charge in [0.25, 0.3) is 0 Å². The van der Waals surface area contributed by atoms with Crippen molar-refractivity contribution in [2.45, 2.75) is 19.6 Å². The lowest BCUT2D eigenvalue weighted by Gasteiger charge is -2.11. The fourth-order valence-corrected chi connectivity index (χ4v) is 4.50. The summed E-state index contributed by atoms with van der Waals surface area (Å²) in [6.07, 6.45) is 3.04. The first-order valence-corrected chi connectivity index (χ1v) is 12.1. The molecule has 0 saturated heterocycles. The number of aliphatic hydroxyl groups excluding tert-OH is 2. The Morgan fingerprint density at radius 1 is 1.03 bits per heavy atom. The average Bonchev–Trinajstić information content (AvgIpc) is 3.48. The number of thiazole rings is 1. The number of aliphatic hydroxyl groups is 2. The van der Waals surface area contributed by atoms with Gasteiger partial charge in [-0.25, -0.2) is 24.0 Å². The topological polar surface area (TPSA) is 141 Å². The van der Waals surface area contributed by atoms with E-state index in [4.69, 9.17) is 15.2 Å². The normalized spacial score (nSPS) is 11.4. The molecule has 0 radical (unpaired) electrons. The standard InChI is InChI=1S/C25H23FN6O4S/c1-14-28-9-21(37-14)12-35-19-6-16(26)7-20(8-19)36-18-4-2-15(3-5-18)23-22-24(27)29-13-30-25(22)32(31-23)17(10-33)11-34/h2-9,13,17,33-34H,10-12H2,1H3,(H2,27,29,30). The predicted molar refractivity (Wildman–Crippen MR) is 136 cm³/mol. The smallest absolute Gasteiger partial charge is 0.164 e. The summed E-state index contributed by atoms with van der Waals surface area (Å²) in [4.78, 5) is 13.4. The van der Waals surface area contributed by atoms with Gasteiger partial charge >= 0.3 is 0 Å². The van der Waals surface area contributed by atoms with E-state index in [1.807, 2.05) is 6.92 Å². The Morgan fingerprint density at radius 3 is 2.49 bits per heavy atom. The number of nitrogens with two attached hydrogens (primary N) is 1. The van der Waals surface area contributed by atoms with Gasteiger partial charge in [0.2, 0.25) is 0 Å². The van der Waals surface area contributed by atoms with Crippen molar-refractivity contribution < 1.29 is 24.1 Å². The van der Waals surface area contributed by atoms with Crippen molar-refractivity contribution in [1.82, 2.24) is 24.7 Å². The fourth-order valence-electron chi connectivity index (χ4n) is 3.79. The second kappa shape index (κ2) is 10.5. The quantitative estimate of drug-likeness (QED) is 0.263. The molecule has 5 aromatic rings. The number of halogens is 1. The Balaban J connectivity index is 1.38. The largest absolute Gasteiger partial charge is 0.488 e. The Morgan fingerprint density at radius 2 is 1.78 bits per heavy atom. The number of aryl methyl sites for hydroxylation is 1. The third-order valence-electron chi connectivity index (χ3n) is 5.54. The molecule has 0 bridgehead atoms. The number of hydrogen-bond acceptors (Lipinski definition) is 10. The maximum atomic E-state index is 14.2. The highest BCUT2D eigenvalue weighted by Crippen LogP contribution is 2.34. The van der Waals surface area contributed by atoms with Gasteiger partial charge in [-0.1, -0.05) is 0 Å². The summed E-state index contributed by atoms with van der Waals surface area (Å²) in [7, 11) is 0. The van der Waals surface area contributed by atoms with Crippen molar-refractivity contribution in [3.8, 4) is 28.5 Å². The lowest BCUT2D eigenvalue weighted by Crippen LogP contribution is -2.18. The monoisotopic (exact) mass is 522 g/mol. The summed E-state index contributed by atoms with van der Waals surface area (Å²) >= 11 is 1.52. The van der Waals surface area contributed by atoms with Crippen molar-refractivity contribution in [3.05, 3.63) is 70.7 Å². The first kappa shape index (κ1) is 24.6. The van der Waals surface area contributed by atoms with Gasteiger partial charge in [-0.2, -0.15) is 5.10 Å². The number of aromatic nitrogens is 5. The lowest BCUT2D eigenvalue weighted by atomic mass is 10.1. The average molecular weight is 523 g/mol. The van der Waals surface area contributed by atoms with Gasteiger partial charge < -0.3 is 25.4 Å². The number of hydrogen-bond donors (Lipinski definition) is 3. The fraction of sp³-hybridized carbons (Fsp3) is 0.200. The minimum absolute atomic E-state index is 0.224. The van der Waals surface area contributed by atoms with Crippen molar-refractivity contribution in [3.63, 3.8) is 0 Å². The van der Waals surface area contributed by atoms with Crippen molar-refractivity contribution in [2.24, 2.45) is 0 Å². The van der Waals surface area contributed by atoms with Crippen LogP contribution in [0.3, 0.4) is 0 Å². The molecular formula is C25H23FN6O4S. The molecule has 5 rings (SSSR count). The van der Waals surface area contributed by atoms with Gasteiger partial charge in [-0.05, 0) is 31.2 Å². The molecule has 190 valence electrons. The number of anilines is 1. The predicted octanol–water partition coefficient (Wildman–Crippen LogP) is 3.88. The van der Waals surface area contributed by atoms with Crippen LogP contribution in [0.15, 0.2) is 55.0 Å². The van der Waals surface area contributed by atoms with Crippen molar-refractivity contribution in [2.75, 3.05) is 18.9 Å². The highest BCUT2D eigenvalue weighted by Gasteiger charge is 2.21. The van der Waals surface area contributed by atoms with Crippen molar-refractivity contribution in [1.29, 1.82) is 0 Å². The van der Waals surface area contributed by atoms with Gasteiger partial charge in [-0.3, -0.25) is 0 Å². The molecule has 3 aromatic heterocycles. The van der Waals surface area contributed by atoms with E-state index in [-0.39, 0.29) is 31.4 Å². The van der Waals surface area contributed by atoms with E-state index in [1.165, 1.54) is 34.5 Å².